The van der Waals surface area contributed by atoms with Crippen molar-refractivity contribution in [2.75, 3.05) is 4.90 Å². The van der Waals surface area contributed by atoms with E-state index in [0.29, 0.717) is 0 Å². The number of rotatable bonds is 6. The fraction of sp³-hybridized carbons (Fsp3) is 0.182. The highest BCUT2D eigenvalue weighted by molar-refractivity contribution is 7.81. The van der Waals surface area contributed by atoms with Gasteiger partial charge in [0.15, 0.2) is 0 Å². The predicted octanol–water partition coefficient (Wildman–Crippen LogP) is 14.6. The molecule has 0 fully saturated rings. The summed E-state index contributed by atoms with van der Waals surface area (Å²) in [5, 5.41) is 4.32. The predicted molar refractivity (Wildman–Crippen MR) is 302 cm³/mol. The first kappa shape index (κ1) is 44.8. The number of benzene rings is 9. The van der Waals surface area contributed by atoms with E-state index in [9.17, 15) is 0 Å². The fourth-order valence-electron chi connectivity index (χ4n) is 10.9. The second-order valence-corrected chi connectivity index (χ2v) is 24.3. The van der Waals surface area contributed by atoms with Crippen LogP contribution in [0, 0.1) is 0 Å². The number of fused-ring (bicyclic) bond motifs is 4. The molecule has 9 aromatic rings. The maximum absolute atomic E-state index is 2.72. The minimum atomic E-state index is -0.933. The molecule has 0 saturated heterocycles. The molecule has 3 heteroatoms. The molecular weight excluding hydrogens is 849 g/mol. The summed E-state index contributed by atoms with van der Waals surface area (Å²) in [4.78, 5) is 2.72. The summed E-state index contributed by atoms with van der Waals surface area (Å²) >= 11 is 0. The van der Waals surface area contributed by atoms with Crippen molar-refractivity contribution in [1.29, 1.82) is 0 Å². The van der Waals surface area contributed by atoms with Gasteiger partial charge in [0.25, 0.3) is 0 Å². The molecule has 1 nitrogen and oxygen atoms in total. The molecule has 69 heavy (non-hydrogen) atoms. The van der Waals surface area contributed by atoms with Gasteiger partial charge in [-0.3, -0.25) is 0 Å². The molecule has 0 radical (unpaired) electrons. The van der Waals surface area contributed by atoms with E-state index in [-0.39, 0.29) is 23.0 Å². The number of nitrogens with zero attached hydrogens (tertiary/aromatic N) is 1. The highest BCUT2D eigenvalue weighted by Crippen LogP contribution is 2.52. The second kappa shape index (κ2) is 17.0. The van der Waals surface area contributed by atoms with Crippen molar-refractivity contribution in [2.45, 2.75) is 78.6 Å². The molecule has 9 aromatic carbocycles. The van der Waals surface area contributed by atoms with Crippen LogP contribution in [0.1, 0.15) is 79.0 Å². The van der Waals surface area contributed by atoms with Gasteiger partial charge in [0.05, 0.1) is 5.69 Å². The Bertz CT molecular complexity index is 3290. The molecule has 1 atom stereocenters. The molecule has 0 saturated carbocycles. The van der Waals surface area contributed by atoms with Gasteiger partial charge in [-0.2, -0.15) is 0 Å². The Kier molecular flexibility index (Phi) is 11.1. The van der Waals surface area contributed by atoms with Crippen molar-refractivity contribution in [3.05, 3.63) is 223 Å². The van der Waals surface area contributed by atoms with Crippen molar-refractivity contribution < 1.29 is 0 Å². The van der Waals surface area contributed by atoms with Crippen molar-refractivity contribution in [3.63, 3.8) is 0 Å². The summed E-state index contributed by atoms with van der Waals surface area (Å²) in [5.74, 6) is 0. The van der Waals surface area contributed by atoms with Gasteiger partial charge in [0.1, 0.15) is 0 Å². The molecule has 2 aliphatic rings. The maximum atomic E-state index is 2.72. The third kappa shape index (κ3) is 7.88. The van der Waals surface area contributed by atoms with Gasteiger partial charge >= 0.3 is 0 Å². The van der Waals surface area contributed by atoms with Crippen LogP contribution in [0.15, 0.2) is 206 Å². The van der Waals surface area contributed by atoms with E-state index >= 15 is 0 Å². The van der Waals surface area contributed by atoms with Crippen LogP contribution in [-0.4, -0.2) is 6.71 Å². The molecule has 0 aliphatic carbocycles. The maximum Gasteiger partial charge on any atom is 0.248 e. The first-order valence-corrected chi connectivity index (χ1v) is 26.1. The lowest BCUT2D eigenvalue weighted by molar-refractivity contribution is 0.590. The van der Waals surface area contributed by atoms with Gasteiger partial charge in [-0.25, -0.2) is 0 Å². The van der Waals surface area contributed by atoms with Gasteiger partial charge < -0.3 is 4.90 Å². The Morgan fingerprint density at radius 2 is 0.797 bits per heavy atom. The van der Waals surface area contributed by atoms with Gasteiger partial charge in [0.2, 0.25) is 6.71 Å². The monoisotopic (exact) mass is 909 g/mol. The molecular formula is C66H61BNP. The summed E-state index contributed by atoms with van der Waals surface area (Å²) < 4.78 is 0. The molecule has 0 N–H and O–H groups in total. The van der Waals surface area contributed by atoms with Gasteiger partial charge in [-0.15, -0.1) is 0 Å². The van der Waals surface area contributed by atoms with Gasteiger partial charge in [-0.1, -0.05) is 262 Å². The second-order valence-electron chi connectivity index (χ2n) is 22.2. The topological polar surface area (TPSA) is 3.24 Å². The highest BCUT2D eigenvalue weighted by atomic mass is 31.1. The molecule has 0 aromatic heterocycles. The first-order chi connectivity index (χ1) is 33.2. The average Bonchev–Trinajstić information content (AvgIpc) is 3.35. The lowest BCUT2D eigenvalue weighted by Crippen LogP contribution is -2.68. The number of anilines is 3. The minimum Gasteiger partial charge on any atom is -0.310 e. The average molecular weight is 910 g/mol. The number of hydrogen-bond donors (Lipinski definition) is 0. The molecule has 1 unspecified atom stereocenters. The van der Waals surface area contributed by atoms with E-state index in [4.69, 9.17) is 0 Å². The SMILES string of the molecule is CC(C)(C)c1ccc2c(c1)B1c3cc(C(C)(C)C)ccc3P(c3ccccc3)c3cc(C(C)(C)C)cc(c31)N2c1c(-c2ccccc2-c2ccccc2)cccc1-c1ccccc1-c1ccccc1. The zero-order valence-electron chi connectivity index (χ0n) is 41.6. The summed E-state index contributed by atoms with van der Waals surface area (Å²) in [6.45, 7) is 21.4. The van der Waals surface area contributed by atoms with E-state index in [0.717, 1.165) is 0 Å². The van der Waals surface area contributed by atoms with Gasteiger partial charge in [0, 0.05) is 22.5 Å². The first-order valence-electron chi connectivity index (χ1n) is 24.7. The summed E-state index contributed by atoms with van der Waals surface area (Å²) in [6.07, 6.45) is 0. The van der Waals surface area contributed by atoms with E-state index in [1.165, 1.54) is 111 Å². The minimum absolute atomic E-state index is 0.0212. The van der Waals surface area contributed by atoms with E-state index in [2.05, 4.69) is 273 Å². The summed E-state index contributed by atoms with van der Waals surface area (Å²) in [5.41, 5.74) is 21.5. The molecule has 0 spiro atoms. The fourth-order valence-corrected chi connectivity index (χ4v) is 13.6. The normalized spacial score (nSPS) is 14.2. The Balaban J connectivity index is 1.33. The molecule has 0 bridgehead atoms. The number of para-hydroxylation sites is 1. The number of hydrogen-bond acceptors (Lipinski definition) is 1. The molecule has 2 aliphatic heterocycles. The van der Waals surface area contributed by atoms with Crippen LogP contribution in [0.5, 0.6) is 0 Å². The lowest BCUT2D eigenvalue weighted by atomic mass is 9.34. The Morgan fingerprint density at radius 1 is 0.348 bits per heavy atom. The van der Waals surface area contributed by atoms with Crippen molar-refractivity contribution in [1.82, 2.24) is 0 Å². The molecule has 11 rings (SSSR count). The van der Waals surface area contributed by atoms with Crippen LogP contribution in [-0.2, 0) is 16.2 Å². The molecule has 2 heterocycles. The zero-order chi connectivity index (χ0) is 47.8. The Hall–Kier alpha value is -6.73. The lowest BCUT2D eigenvalue weighted by Gasteiger charge is -2.45. The zero-order valence-corrected chi connectivity index (χ0v) is 42.5. The van der Waals surface area contributed by atoms with E-state index in [1.54, 1.807) is 0 Å². The van der Waals surface area contributed by atoms with E-state index in [1.807, 2.05) is 0 Å². The largest absolute Gasteiger partial charge is 0.310 e. The third-order valence-corrected chi connectivity index (χ3v) is 17.1. The Morgan fingerprint density at radius 3 is 1.32 bits per heavy atom. The summed E-state index contributed by atoms with van der Waals surface area (Å²) in [7, 11) is -0.933. The van der Waals surface area contributed by atoms with Crippen LogP contribution in [0.2, 0.25) is 0 Å². The van der Waals surface area contributed by atoms with Crippen molar-refractivity contribution in [3.8, 4) is 44.5 Å². The van der Waals surface area contributed by atoms with Crippen LogP contribution in [0.3, 0.4) is 0 Å². The van der Waals surface area contributed by atoms with Crippen LogP contribution >= 0.6 is 7.92 Å². The van der Waals surface area contributed by atoms with Crippen LogP contribution in [0.4, 0.5) is 17.1 Å². The molecule has 338 valence electrons. The van der Waals surface area contributed by atoms with E-state index < -0.39 is 7.92 Å². The summed E-state index contributed by atoms with van der Waals surface area (Å²) in [6, 6.07) is 78.6. The smallest absolute Gasteiger partial charge is 0.248 e. The van der Waals surface area contributed by atoms with Crippen molar-refractivity contribution in [2.24, 2.45) is 0 Å². The van der Waals surface area contributed by atoms with Crippen LogP contribution in [0.25, 0.3) is 44.5 Å². The standard InChI is InChI=1S/C66H61BNP/c1-64(2,3)46-36-38-58-56(40-46)67-57-41-47(65(4,5)6)37-39-60(57)69(49-28-17-12-18-29-49)61-43-48(66(7,8)9)42-59(62(61)67)68(58)63-54(52-32-21-19-30-50(52)44-24-13-10-14-25-44)34-23-35-55(63)53-33-22-20-31-51(53)45-26-15-11-16-27-45/h10-43H,1-9H3. The van der Waals surface area contributed by atoms with Gasteiger partial charge in [-0.05, 0) is 113 Å². The Labute approximate surface area is 412 Å². The van der Waals surface area contributed by atoms with Crippen molar-refractivity contribution >= 4 is 64.0 Å². The quantitative estimate of drug-likeness (QED) is 0.119. The molecule has 0 amide bonds. The highest BCUT2D eigenvalue weighted by Gasteiger charge is 2.46. The van der Waals surface area contributed by atoms with Crippen LogP contribution < -0.4 is 37.2 Å². The third-order valence-electron chi connectivity index (χ3n) is 14.5.